The number of aromatic nitrogens is 1. The second-order valence-corrected chi connectivity index (χ2v) is 7.71. The standard InChI is InChI=1S/C22H21F2N3O3S/c1-13-16(12-30-27-13)19(28)11-22(2,17-9-8-15(23)10-18(17)24)26-21(31)25-20(29)14-6-4-3-5-7-14/h3-10,12,19,28H,11H2,1-2H3,(H2,25,26,29,31)/t19-,22+/m1/s1. The first-order valence-corrected chi connectivity index (χ1v) is 9.83. The molecule has 3 N–H and O–H groups in total. The molecule has 0 unspecified atom stereocenters. The highest BCUT2D eigenvalue weighted by molar-refractivity contribution is 7.80. The minimum absolute atomic E-state index is 0.0679. The van der Waals surface area contributed by atoms with E-state index in [1.54, 1.807) is 44.2 Å². The van der Waals surface area contributed by atoms with Crippen LogP contribution in [0.15, 0.2) is 59.3 Å². The third-order valence-electron chi connectivity index (χ3n) is 4.93. The molecule has 0 spiro atoms. The topological polar surface area (TPSA) is 87.4 Å². The number of nitrogens with one attached hydrogen (secondary N) is 2. The van der Waals surface area contributed by atoms with Crippen LogP contribution in [-0.4, -0.2) is 21.3 Å². The van der Waals surface area contributed by atoms with Crippen molar-refractivity contribution in [2.45, 2.75) is 31.9 Å². The Morgan fingerprint density at radius 1 is 1.26 bits per heavy atom. The van der Waals surface area contributed by atoms with Crippen LogP contribution in [0.2, 0.25) is 0 Å². The lowest BCUT2D eigenvalue weighted by atomic mass is 9.84. The summed E-state index contributed by atoms with van der Waals surface area (Å²) in [4.78, 5) is 12.4. The first-order valence-electron chi connectivity index (χ1n) is 9.42. The van der Waals surface area contributed by atoms with Crippen LogP contribution in [0.3, 0.4) is 0 Å². The highest BCUT2D eigenvalue weighted by Crippen LogP contribution is 2.34. The van der Waals surface area contributed by atoms with Crippen LogP contribution in [0, 0.1) is 18.6 Å². The van der Waals surface area contributed by atoms with Crippen LogP contribution < -0.4 is 10.6 Å². The van der Waals surface area contributed by atoms with E-state index in [1.807, 2.05) is 0 Å². The lowest BCUT2D eigenvalue weighted by molar-refractivity contribution is 0.0974. The minimum Gasteiger partial charge on any atom is -0.388 e. The van der Waals surface area contributed by atoms with Gasteiger partial charge in [0.25, 0.3) is 5.91 Å². The van der Waals surface area contributed by atoms with Gasteiger partial charge in [0.1, 0.15) is 17.9 Å². The molecule has 6 nitrogen and oxygen atoms in total. The smallest absolute Gasteiger partial charge is 0.257 e. The number of nitrogens with zero attached hydrogens (tertiary/aromatic N) is 1. The number of rotatable bonds is 6. The van der Waals surface area contributed by atoms with Crippen molar-refractivity contribution in [1.29, 1.82) is 0 Å². The Kier molecular flexibility index (Phi) is 6.77. The Labute approximate surface area is 183 Å². The zero-order valence-corrected chi connectivity index (χ0v) is 17.7. The van der Waals surface area contributed by atoms with Crippen molar-refractivity contribution in [3.63, 3.8) is 0 Å². The molecule has 3 aromatic rings. The molecule has 0 saturated carbocycles. The summed E-state index contributed by atoms with van der Waals surface area (Å²) in [5.74, 6) is -2.00. The molecule has 2 aromatic carbocycles. The average molecular weight is 445 g/mol. The Balaban J connectivity index is 1.87. The highest BCUT2D eigenvalue weighted by atomic mass is 32.1. The van der Waals surface area contributed by atoms with E-state index in [0.29, 0.717) is 16.8 Å². The van der Waals surface area contributed by atoms with E-state index < -0.39 is 29.2 Å². The molecular weight excluding hydrogens is 424 g/mol. The molecule has 0 aliphatic carbocycles. The number of thiocarbonyl (C=S) groups is 1. The maximum Gasteiger partial charge on any atom is 0.257 e. The fraction of sp³-hybridized carbons (Fsp3) is 0.227. The van der Waals surface area contributed by atoms with Gasteiger partial charge in [-0.3, -0.25) is 10.1 Å². The first-order chi connectivity index (χ1) is 14.7. The molecule has 1 heterocycles. The van der Waals surface area contributed by atoms with Crippen LogP contribution in [0.25, 0.3) is 0 Å². The van der Waals surface area contributed by atoms with E-state index in [1.165, 1.54) is 12.3 Å². The number of hydrogen-bond acceptors (Lipinski definition) is 5. The summed E-state index contributed by atoms with van der Waals surface area (Å²) in [6, 6.07) is 11.6. The minimum atomic E-state index is -1.30. The van der Waals surface area contributed by atoms with Gasteiger partial charge >= 0.3 is 0 Å². The van der Waals surface area contributed by atoms with Crippen LogP contribution in [0.1, 0.15) is 46.6 Å². The van der Waals surface area contributed by atoms with Gasteiger partial charge in [-0.2, -0.15) is 0 Å². The van der Waals surface area contributed by atoms with Gasteiger partial charge in [-0.15, -0.1) is 0 Å². The van der Waals surface area contributed by atoms with E-state index >= 15 is 0 Å². The maximum atomic E-state index is 14.7. The van der Waals surface area contributed by atoms with Gasteiger partial charge in [0.2, 0.25) is 0 Å². The lowest BCUT2D eigenvalue weighted by Crippen LogP contribution is -2.50. The summed E-state index contributed by atoms with van der Waals surface area (Å²) in [6.45, 7) is 3.26. The fourth-order valence-electron chi connectivity index (χ4n) is 3.33. The predicted octanol–water partition coefficient (Wildman–Crippen LogP) is 3.90. The average Bonchev–Trinajstić information content (AvgIpc) is 3.14. The second kappa shape index (κ2) is 9.32. The van der Waals surface area contributed by atoms with E-state index in [2.05, 4.69) is 15.8 Å². The van der Waals surface area contributed by atoms with Gasteiger partial charge < -0.3 is 14.9 Å². The molecule has 0 aliphatic heterocycles. The van der Waals surface area contributed by atoms with Crippen molar-refractivity contribution in [2.75, 3.05) is 0 Å². The number of aliphatic hydroxyl groups excluding tert-OH is 1. The third kappa shape index (κ3) is 5.31. The van der Waals surface area contributed by atoms with Crippen LogP contribution in [0.4, 0.5) is 8.78 Å². The molecule has 1 aromatic heterocycles. The molecule has 3 rings (SSSR count). The normalized spacial score (nSPS) is 13.8. The lowest BCUT2D eigenvalue weighted by Gasteiger charge is -2.34. The van der Waals surface area contributed by atoms with E-state index in [9.17, 15) is 18.7 Å². The molecule has 2 atom stereocenters. The van der Waals surface area contributed by atoms with E-state index in [0.717, 1.165) is 12.1 Å². The summed E-state index contributed by atoms with van der Waals surface area (Å²) in [5, 5.41) is 19.9. The summed E-state index contributed by atoms with van der Waals surface area (Å²) < 4.78 is 33.0. The molecular formula is C22H21F2N3O3S. The SMILES string of the molecule is Cc1nocc1[C@H](O)C[C@](C)(NC(=S)NC(=O)c1ccccc1)c1ccc(F)cc1F. The number of benzene rings is 2. The van der Waals surface area contributed by atoms with Crippen molar-refractivity contribution in [1.82, 2.24) is 15.8 Å². The fourth-order valence-corrected chi connectivity index (χ4v) is 3.65. The number of aryl methyl sites for hydroxylation is 1. The van der Waals surface area contributed by atoms with Crippen molar-refractivity contribution < 1.29 is 23.2 Å². The number of amides is 1. The number of carbonyl (C=O) groups excluding carboxylic acids is 1. The highest BCUT2D eigenvalue weighted by Gasteiger charge is 2.35. The summed E-state index contributed by atoms with van der Waals surface area (Å²) >= 11 is 5.27. The van der Waals surface area contributed by atoms with E-state index in [4.69, 9.17) is 16.7 Å². The molecule has 0 saturated heterocycles. The van der Waals surface area contributed by atoms with Gasteiger partial charge in [-0.05, 0) is 44.3 Å². The second-order valence-electron chi connectivity index (χ2n) is 7.31. The zero-order valence-electron chi connectivity index (χ0n) is 16.9. The zero-order chi connectivity index (χ0) is 22.6. The number of aliphatic hydroxyl groups is 1. The molecule has 162 valence electrons. The van der Waals surface area contributed by atoms with Crippen LogP contribution >= 0.6 is 12.2 Å². The van der Waals surface area contributed by atoms with Crippen molar-refractivity contribution >= 4 is 23.2 Å². The Bertz CT molecular complexity index is 1090. The largest absolute Gasteiger partial charge is 0.388 e. The summed E-state index contributed by atoms with van der Waals surface area (Å²) in [5.41, 5.74) is 0.0612. The Morgan fingerprint density at radius 3 is 2.58 bits per heavy atom. The van der Waals surface area contributed by atoms with Gasteiger partial charge in [0.05, 0.1) is 17.3 Å². The van der Waals surface area contributed by atoms with Gasteiger partial charge in [0.15, 0.2) is 5.11 Å². The molecule has 0 aliphatic rings. The molecule has 31 heavy (non-hydrogen) atoms. The first kappa shape index (κ1) is 22.5. The molecule has 0 fully saturated rings. The summed E-state index contributed by atoms with van der Waals surface area (Å²) in [6.07, 6.45) is 0.136. The maximum absolute atomic E-state index is 14.7. The van der Waals surface area contributed by atoms with Gasteiger partial charge in [-0.1, -0.05) is 29.4 Å². The molecule has 1 amide bonds. The quantitative estimate of drug-likeness (QED) is 0.499. The van der Waals surface area contributed by atoms with Gasteiger partial charge in [0, 0.05) is 29.2 Å². The van der Waals surface area contributed by atoms with E-state index in [-0.39, 0.29) is 17.1 Å². The van der Waals surface area contributed by atoms with Crippen LogP contribution in [0.5, 0.6) is 0 Å². The molecule has 0 radical (unpaired) electrons. The molecule has 9 heteroatoms. The van der Waals surface area contributed by atoms with Gasteiger partial charge in [-0.25, -0.2) is 8.78 Å². The number of hydrogen-bond donors (Lipinski definition) is 3. The molecule has 0 bridgehead atoms. The predicted molar refractivity (Wildman–Crippen MR) is 114 cm³/mol. The third-order valence-corrected chi connectivity index (χ3v) is 5.13. The van der Waals surface area contributed by atoms with Crippen molar-refractivity contribution in [3.05, 3.63) is 88.8 Å². The summed E-state index contributed by atoms with van der Waals surface area (Å²) in [7, 11) is 0. The van der Waals surface area contributed by atoms with Crippen molar-refractivity contribution in [2.24, 2.45) is 0 Å². The number of carbonyl (C=O) groups is 1. The monoisotopic (exact) mass is 445 g/mol. The number of halogens is 2. The Morgan fingerprint density at radius 2 is 1.97 bits per heavy atom. The van der Waals surface area contributed by atoms with Crippen molar-refractivity contribution in [3.8, 4) is 0 Å². The Hall–Kier alpha value is -3.17. The van der Waals surface area contributed by atoms with Crippen LogP contribution in [-0.2, 0) is 5.54 Å².